The molecule has 0 N–H and O–H groups in total. The van der Waals surface area contributed by atoms with Crippen LogP contribution in [0.25, 0.3) is 21.8 Å². The normalized spacial score (nSPS) is 16.9. The molecule has 30 heavy (non-hydrogen) atoms. The summed E-state index contributed by atoms with van der Waals surface area (Å²) in [4.78, 5) is 28.5. The number of nitrogens with zero attached hydrogens (tertiary/aromatic N) is 2. The molecule has 148 valence electrons. The number of aromatic nitrogens is 1. The Bertz CT molecular complexity index is 1360. The minimum Gasteiger partial charge on any atom is -0.339 e. The molecular weight excluding hydrogens is 376 g/mol. The molecule has 0 spiro atoms. The minimum absolute atomic E-state index is 0.0249. The second kappa shape index (κ2) is 6.95. The molecule has 1 atom stereocenters. The van der Waals surface area contributed by atoms with Crippen LogP contribution in [0.2, 0.25) is 0 Å². The summed E-state index contributed by atoms with van der Waals surface area (Å²) < 4.78 is 2.27. The van der Waals surface area contributed by atoms with Crippen LogP contribution in [0.3, 0.4) is 0 Å². The van der Waals surface area contributed by atoms with E-state index in [1.807, 2.05) is 61.5 Å². The molecule has 2 heterocycles. The summed E-state index contributed by atoms with van der Waals surface area (Å²) >= 11 is 0. The van der Waals surface area contributed by atoms with Crippen LogP contribution in [0.5, 0.6) is 0 Å². The van der Waals surface area contributed by atoms with Crippen LogP contribution in [-0.2, 0) is 16.2 Å². The Morgan fingerprint density at radius 3 is 2.73 bits per heavy atom. The van der Waals surface area contributed by atoms with Crippen LogP contribution in [0.4, 0.5) is 0 Å². The first-order valence-corrected chi connectivity index (χ1v) is 9.93. The van der Waals surface area contributed by atoms with E-state index in [-0.39, 0.29) is 11.7 Å². The van der Waals surface area contributed by atoms with Gasteiger partial charge in [-0.3, -0.25) is 9.59 Å². The molecular formula is C25H20N2O3. The third kappa shape index (κ3) is 2.66. The van der Waals surface area contributed by atoms with Crippen molar-refractivity contribution in [1.29, 1.82) is 0 Å². The predicted molar refractivity (Wildman–Crippen MR) is 117 cm³/mol. The monoisotopic (exact) mass is 396 g/mol. The van der Waals surface area contributed by atoms with Gasteiger partial charge in [0.1, 0.15) is 0 Å². The Labute approximate surface area is 173 Å². The highest BCUT2D eigenvalue weighted by atomic mass is 16.7. The Morgan fingerprint density at radius 1 is 1.10 bits per heavy atom. The fraction of sp³-hybridized carbons (Fsp3) is 0.160. The lowest BCUT2D eigenvalue weighted by molar-refractivity contribution is -0.128. The van der Waals surface area contributed by atoms with Crippen molar-refractivity contribution in [1.82, 2.24) is 4.57 Å². The second-order valence-electron chi connectivity index (χ2n) is 7.77. The third-order valence-corrected chi connectivity index (χ3v) is 5.93. The number of benzene rings is 3. The average molecular weight is 396 g/mol. The highest BCUT2D eigenvalue weighted by Gasteiger charge is 2.27. The molecule has 1 aromatic heterocycles. The molecule has 5 nitrogen and oxygen atoms in total. The van der Waals surface area contributed by atoms with Gasteiger partial charge in [0.2, 0.25) is 0 Å². The van der Waals surface area contributed by atoms with Gasteiger partial charge in [-0.25, -0.2) is 0 Å². The third-order valence-electron chi connectivity index (χ3n) is 5.93. The molecule has 1 unspecified atom stereocenters. The average Bonchev–Trinajstić information content (AvgIpc) is 3.07. The SMILES string of the molecule is Cc1ccccc1C(=O)c1ccc2c(c1)c1cccc3c1n2CC(C)/C3=N\OC=O. The number of oxime groups is 1. The number of para-hydroxylation sites is 1. The lowest BCUT2D eigenvalue weighted by atomic mass is 9.93. The lowest BCUT2D eigenvalue weighted by Crippen LogP contribution is -2.24. The molecule has 0 fully saturated rings. The van der Waals surface area contributed by atoms with Crippen LogP contribution >= 0.6 is 0 Å². The van der Waals surface area contributed by atoms with Gasteiger partial charge in [-0.1, -0.05) is 54.5 Å². The van der Waals surface area contributed by atoms with Crippen molar-refractivity contribution in [2.45, 2.75) is 20.4 Å². The molecule has 4 aromatic rings. The molecule has 1 aliphatic heterocycles. The van der Waals surface area contributed by atoms with Gasteiger partial charge in [-0.2, -0.15) is 0 Å². The van der Waals surface area contributed by atoms with E-state index in [1.165, 1.54) is 0 Å². The molecule has 1 aliphatic rings. The number of carbonyl (C=O) groups excluding carboxylic acids is 2. The Hall–Kier alpha value is -3.73. The maximum atomic E-state index is 13.1. The Balaban J connectivity index is 1.73. The zero-order valence-electron chi connectivity index (χ0n) is 16.8. The summed E-state index contributed by atoms with van der Waals surface area (Å²) in [5, 5.41) is 6.15. The molecule has 0 amide bonds. The minimum atomic E-state index is 0.0249. The Morgan fingerprint density at radius 2 is 1.93 bits per heavy atom. The van der Waals surface area contributed by atoms with E-state index < -0.39 is 0 Å². The number of rotatable bonds is 4. The number of hydrogen-bond acceptors (Lipinski definition) is 4. The fourth-order valence-electron chi connectivity index (χ4n) is 4.52. The van der Waals surface area contributed by atoms with Gasteiger partial charge in [0, 0.05) is 45.4 Å². The van der Waals surface area contributed by atoms with Crippen molar-refractivity contribution in [3.8, 4) is 0 Å². The van der Waals surface area contributed by atoms with E-state index in [0.29, 0.717) is 12.0 Å². The number of hydrogen-bond donors (Lipinski definition) is 0. The molecule has 0 saturated carbocycles. The smallest absolute Gasteiger partial charge is 0.323 e. The van der Waals surface area contributed by atoms with Crippen LogP contribution in [0.15, 0.2) is 65.8 Å². The first kappa shape index (κ1) is 18.3. The van der Waals surface area contributed by atoms with Crippen LogP contribution < -0.4 is 0 Å². The molecule has 5 rings (SSSR count). The van der Waals surface area contributed by atoms with E-state index >= 15 is 0 Å². The summed E-state index contributed by atoms with van der Waals surface area (Å²) in [7, 11) is 0. The summed E-state index contributed by atoms with van der Waals surface area (Å²) in [6, 6.07) is 19.6. The standard InChI is InChI=1S/C25H20N2O3/c1-15-6-3-4-7-18(15)25(29)17-10-11-22-21(12-17)19-8-5-9-20-23(26-30-14-28)16(2)13-27(22)24(19)20/h3-12,14,16H,13H2,1-2H3/b26-23+. The van der Waals surface area contributed by atoms with E-state index in [4.69, 9.17) is 4.84 Å². The van der Waals surface area contributed by atoms with E-state index in [9.17, 15) is 9.59 Å². The van der Waals surface area contributed by atoms with Crippen LogP contribution in [0, 0.1) is 12.8 Å². The van der Waals surface area contributed by atoms with Crippen LogP contribution in [0.1, 0.15) is 34.0 Å². The zero-order chi connectivity index (χ0) is 20.8. The number of aryl methyl sites for hydroxylation is 1. The van der Waals surface area contributed by atoms with E-state index in [1.54, 1.807) is 0 Å². The topological polar surface area (TPSA) is 60.7 Å². The molecule has 3 aromatic carbocycles. The highest BCUT2D eigenvalue weighted by Crippen LogP contribution is 2.37. The van der Waals surface area contributed by atoms with Gasteiger partial charge >= 0.3 is 6.47 Å². The Kier molecular flexibility index (Phi) is 4.24. The predicted octanol–water partition coefficient (Wildman–Crippen LogP) is 4.86. The number of fused-ring (bicyclic) bond motifs is 3. The van der Waals surface area contributed by atoms with Gasteiger partial charge in [-0.15, -0.1) is 0 Å². The number of ketones is 1. The summed E-state index contributed by atoms with van der Waals surface area (Å²) in [5.41, 5.74) is 6.22. The first-order chi connectivity index (χ1) is 14.6. The van der Waals surface area contributed by atoms with E-state index in [2.05, 4.69) is 22.7 Å². The van der Waals surface area contributed by atoms with Crippen molar-refractivity contribution >= 4 is 39.8 Å². The molecule has 0 saturated heterocycles. The quantitative estimate of drug-likeness (QED) is 0.214. The van der Waals surface area contributed by atoms with Gasteiger partial charge in [0.25, 0.3) is 0 Å². The van der Waals surface area contributed by atoms with Crippen LogP contribution in [-0.4, -0.2) is 22.5 Å². The van der Waals surface area contributed by atoms with Gasteiger partial charge in [0.15, 0.2) is 5.78 Å². The molecule has 0 aliphatic carbocycles. The summed E-state index contributed by atoms with van der Waals surface area (Å²) in [6.45, 7) is 5.09. The van der Waals surface area contributed by atoms with E-state index in [0.717, 1.165) is 50.8 Å². The zero-order valence-corrected chi connectivity index (χ0v) is 16.8. The van der Waals surface area contributed by atoms with Crippen molar-refractivity contribution in [3.63, 3.8) is 0 Å². The van der Waals surface area contributed by atoms with Crippen molar-refractivity contribution in [3.05, 3.63) is 82.9 Å². The van der Waals surface area contributed by atoms with Crippen molar-refractivity contribution in [2.24, 2.45) is 11.1 Å². The molecule has 5 heteroatoms. The summed E-state index contributed by atoms with van der Waals surface area (Å²) in [5.74, 6) is 0.115. The highest BCUT2D eigenvalue weighted by molar-refractivity contribution is 6.20. The second-order valence-corrected chi connectivity index (χ2v) is 7.77. The molecule has 0 radical (unpaired) electrons. The molecule has 0 bridgehead atoms. The van der Waals surface area contributed by atoms with Crippen molar-refractivity contribution in [2.75, 3.05) is 0 Å². The first-order valence-electron chi connectivity index (χ1n) is 9.93. The number of carbonyl (C=O) groups is 2. The summed E-state index contributed by atoms with van der Waals surface area (Å²) in [6.07, 6.45) is 0. The lowest BCUT2D eigenvalue weighted by Gasteiger charge is -2.23. The van der Waals surface area contributed by atoms with Gasteiger partial charge in [-0.05, 0) is 30.7 Å². The fourth-order valence-corrected chi connectivity index (χ4v) is 4.52. The van der Waals surface area contributed by atoms with Gasteiger partial charge in [0.05, 0.1) is 11.2 Å². The van der Waals surface area contributed by atoms with Crippen molar-refractivity contribution < 1.29 is 14.4 Å². The maximum absolute atomic E-state index is 13.1. The van der Waals surface area contributed by atoms with Gasteiger partial charge < -0.3 is 9.40 Å². The largest absolute Gasteiger partial charge is 0.339 e. The maximum Gasteiger partial charge on any atom is 0.323 e.